The molecule has 2 heterocycles. The third-order valence-electron chi connectivity index (χ3n) is 4.80. The van der Waals surface area contributed by atoms with Crippen LogP contribution < -0.4 is 15.5 Å². The highest BCUT2D eigenvalue weighted by Gasteiger charge is 2.27. The smallest absolute Gasteiger partial charge is 0.265 e. The molecule has 0 unspecified atom stereocenters. The molecule has 0 spiro atoms. The second-order valence-electron chi connectivity index (χ2n) is 6.84. The average Bonchev–Trinajstić information content (AvgIpc) is 3.06. The molecule has 4 rings (SSSR count). The zero-order valence-corrected chi connectivity index (χ0v) is 16.8. The van der Waals surface area contributed by atoms with Crippen molar-refractivity contribution in [2.75, 3.05) is 22.1 Å². The van der Waals surface area contributed by atoms with Crippen molar-refractivity contribution in [3.63, 3.8) is 0 Å². The van der Waals surface area contributed by atoms with Crippen molar-refractivity contribution in [2.45, 2.75) is 13.8 Å². The van der Waals surface area contributed by atoms with Crippen molar-refractivity contribution in [3.05, 3.63) is 75.5 Å². The molecule has 0 atom stereocenters. The quantitative estimate of drug-likeness (QED) is 0.685. The summed E-state index contributed by atoms with van der Waals surface area (Å²) < 4.78 is 0. The maximum Gasteiger partial charge on any atom is 0.265 e. The molecule has 1 aliphatic rings. The fraction of sp³-hybridized carbons (Fsp3) is 0.136. The molecule has 3 aromatic rings. The van der Waals surface area contributed by atoms with Crippen LogP contribution in [0.5, 0.6) is 0 Å². The molecule has 0 fully saturated rings. The van der Waals surface area contributed by atoms with Crippen LogP contribution in [0.3, 0.4) is 0 Å². The van der Waals surface area contributed by atoms with Crippen molar-refractivity contribution in [2.24, 2.45) is 0 Å². The minimum absolute atomic E-state index is 0.0363. The molecule has 6 nitrogen and oxygen atoms in total. The lowest BCUT2D eigenvalue weighted by Gasteiger charge is -2.29. The Labute approximate surface area is 172 Å². The Morgan fingerprint density at radius 3 is 2.48 bits per heavy atom. The van der Waals surface area contributed by atoms with Gasteiger partial charge in [-0.1, -0.05) is 12.1 Å². The Hall–Kier alpha value is -3.45. The Balaban J connectivity index is 1.51. The van der Waals surface area contributed by atoms with Crippen LogP contribution in [0.4, 0.5) is 17.1 Å². The van der Waals surface area contributed by atoms with E-state index in [0.29, 0.717) is 27.5 Å². The predicted molar refractivity (Wildman–Crippen MR) is 115 cm³/mol. The standard InChI is InChI=1S/C22H19N3O3S/c1-13-11-19(29-14(13)2)21(27)23-16-9-7-15(8-10-16)22(28)25-12-20(26)24-17-5-3-4-6-18(17)25/h3-11H,12H2,1-2H3,(H,23,27)(H,24,26). The van der Waals surface area contributed by atoms with E-state index in [4.69, 9.17) is 0 Å². The number of benzene rings is 2. The van der Waals surface area contributed by atoms with E-state index in [1.54, 1.807) is 42.5 Å². The van der Waals surface area contributed by atoms with Gasteiger partial charge in [-0.15, -0.1) is 11.3 Å². The molecule has 0 saturated heterocycles. The summed E-state index contributed by atoms with van der Waals surface area (Å²) in [7, 11) is 0. The Morgan fingerprint density at radius 1 is 1.07 bits per heavy atom. The number of rotatable bonds is 3. The number of fused-ring (bicyclic) bond motifs is 1. The lowest BCUT2D eigenvalue weighted by Crippen LogP contribution is -2.42. The number of hydrogen-bond donors (Lipinski definition) is 2. The second kappa shape index (κ2) is 7.52. The first-order valence-electron chi connectivity index (χ1n) is 9.11. The van der Waals surface area contributed by atoms with E-state index in [-0.39, 0.29) is 24.3 Å². The third-order valence-corrected chi connectivity index (χ3v) is 5.95. The Bertz CT molecular complexity index is 1100. The van der Waals surface area contributed by atoms with Gasteiger partial charge >= 0.3 is 0 Å². The monoisotopic (exact) mass is 405 g/mol. The van der Waals surface area contributed by atoms with E-state index in [0.717, 1.165) is 10.4 Å². The summed E-state index contributed by atoms with van der Waals surface area (Å²) in [6.45, 7) is 3.92. The minimum atomic E-state index is -0.269. The fourth-order valence-corrected chi connectivity index (χ4v) is 4.07. The number of aryl methyl sites for hydroxylation is 2. The summed E-state index contributed by atoms with van der Waals surface area (Å²) in [4.78, 5) is 40.5. The molecule has 1 aliphatic heterocycles. The molecule has 7 heteroatoms. The van der Waals surface area contributed by atoms with Crippen LogP contribution in [0, 0.1) is 13.8 Å². The normalized spacial score (nSPS) is 12.9. The summed E-state index contributed by atoms with van der Waals surface area (Å²) in [6, 6.07) is 15.7. The molecule has 0 radical (unpaired) electrons. The summed E-state index contributed by atoms with van der Waals surface area (Å²) >= 11 is 1.45. The zero-order chi connectivity index (χ0) is 20.5. The van der Waals surface area contributed by atoms with Gasteiger partial charge in [-0.05, 0) is 61.9 Å². The van der Waals surface area contributed by atoms with Crippen LogP contribution in [0.1, 0.15) is 30.5 Å². The van der Waals surface area contributed by atoms with Gasteiger partial charge < -0.3 is 10.6 Å². The highest BCUT2D eigenvalue weighted by molar-refractivity contribution is 7.14. The second-order valence-corrected chi connectivity index (χ2v) is 8.09. The highest BCUT2D eigenvalue weighted by atomic mass is 32.1. The van der Waals surface area contributed by atoms with E-state index < -0.39 is 0 Å². The van der Waals surface area contributed by atoms with Crippen molar-refractivity contribution < 1.29 is 14.4 Å². The van der Waals surface area contributed by atoms with Gasteiger partial charge in [-0.3, -0.25) is 19.3 Å². The van der Waals surface area contributed by atoms with E-state index in [1.807, 2.05) is 26.0 Å². The predicted octanol–water partition coefficient (Wildman–Crippen LogP) is 4.22. The van der Waals surface area contributed by atoms with Gasteiger partial charge in [0.25, 0.3) is 11.8 Å². The van der Waals surface area contributed by atoms with E-state index >= 15 is 0 Å². The first-order valence-corrected chi connectivity index (χ1v) is 9.93. The van der Waals surface area contributed by atoms with Crippen LogP contribution in [-0.4, -0.2) is 24.3 Å². The number of nitrogens with one attached hydrogen (secondary N) is 2. The summed E-state index contributed by atoms with van der Waals surface area (Å²) in [6.07, 6.45) is 0. The van der Waals surface area contributed by atoms with Gasteiger partial charge in [-0.25, -0.2) is 0 Å². The topological polar surface area (TPSA) is 78.5 Å². The fourth-order valence-electron chi connectivity index (χ4n) is 3.14. The summed E-state index contributed by atoms with van der Waals surface area (Å²) in [5.41, 5.74) is 3.41. The molecular formula is C22H19N3O3S. The number of carbonyl (C=O) groups is 3. The van der Waals surface area contributed by atoms with Crippen LogP contribution in [0.15, 0.2) is 54.6 Å². The molecule has 146 valence electrons. The van der Waals surface area contributed by atoms with E-state index in [2.05, 4.69) is 10.6 Å². The number of anilines is 3. The minimum Gasteiger partial charge on any atom is -0.323 e. The number of carbonyl (C=O) groups excluding carboxylic acids is 3. The number of para-hydroxylation sites is 2. The number of thiophene rings is 1. The Morgan fingerprint density at radius 2 is 1.79 bits per heavy atom. The molecule has 2 aromatic carbocycles. The molecule has 29 heavy (non-hydrogen) atoms. The first kappa shape index (κ1) is 18.9. The largest absolute Gasteiger partial charge is 0.323 e. The van der Waals surface area contributed by atoms with Crippen LogP contribution >= 0.6 is 11.3 Å². The highest BCUT2D eigenvalue weighted by Crippen LogP contribution is 2.30. The zero-order valence-electron chi connectivity index (χ0n) is 16.0. The number of amides is 3. The van der Waals surface area contributed by atoms with Gasteiger partial charge in [0.05, 0.1) is 16.3 Å². The molecule has 0 bridgehead atoms. The van der Waals surface area contributed by atoms with Gasteiger partial charge in [-0.2, -0.15) is 0 Å². The van der Waals surface area contributed by atoms with Crippen molar-refractivity contribution in [1.82, 2.24) is 0 Å². The van der Waals surface area contributed by atoms with Crippen LogP contribution in [0.2, 0.25) is 0 Å². The molecule has 1 aromatic heterocycles. The molecule has 3 amide bonds. The maximum atomic E-state index is 13.0. The molecule has 2 N–H and O–H groups in total. The van der Waals surface area contributed by atoms with Crippen molar-refractivity contribution >= 4 is 46.1 Å². The van der Waals surface area contributed by atoms with E-state index in [1.165, 1.54) is 16.2 Å². The molecule has 0 saturated carbocycles. The van der Waals surface area contributed by atoms with Crippen molar-refractivity contribution in [3.8, 4) is 0 Å². The molecule has 0 aliphatic carbocycles. The third kappa shape index (κ3) is 3.77. The Kier molecular flexibility index (Phi) is 4.90. The lowest BCUT2D eigenvalue weighted by molar-refractivity contribution is -0.115. The van der Waals surface area contributed by atoms with Crippen molar-refractivity contribution in [1.29, 1.82) is 0 Å². The first-order chi connectivity index (χ1) is 13.9. The maximum absolute atomic E-state index is 13.0. The summed E-state index contributed by atoms with van der Waals surface area (Å²) in [5, 5.41) is 5.62. The number of nitrogens with zero attached hydrogens (tertiary/aromatic N) is 1. The summed E-state index contributed by atoms with van der Waals surface area (Å²) in [5.74, 6) is -0.677. The van der Waals surface area contributed by atoms with Gasteiger partial charge in [0.1, 0.15) is 6.54 Å². The van der Waals surface area contributed by atoms with Crippen LogP contribution in [0.25, 0.3) is 0 Å². The van der Waals surface area contributed by atoms with Crippen LogP contribution in [-0.2, 0) is 4.79 Å². The molecular weight excluding hydrogens is 386 g/mol. The SMILES string of the molecule is Cc1cc(C(=O)Nc2ccc(C(=O)N3CC(=O)Nc4ccccc43)cc2)sc1C. The van der Waals surface area contributed by atoms with E-state index in [9.17, 15) is 14.4 Å². The average molecular weight is 405 g/mol. The van der Waals surface area contributed by atoms with Gasteiger partial charge in [0, 0.05) is 16.1 Å². The van der Waals surface area contributed by atoms with Gasteiger partial charge in [0.2, 0.25) is 5.91 Å². The van der Waals surface area contributed by atoms with Gasteiger partial charge in [0.15, 0.2) is 0 Å². The number of hydrogen-bond acceptors (Lipinski definition) is 4. The lowest BCUT2D eigenvalue weighted by atomic mass is 10.1.